The molecule has 4 heteroatoms. The van der Waals surface area contributed by atoms with Crippen LogP contribution in [0.4, 0.5) is 0 Å². The van der Waals surface area contributed by atoms with E-state index >= 15 is 0 Å². The summed E-state index contributed by atoms with van der Waals surface area (Å²) in [6, 6.07) is 10.2. The lowest BCUT2D eigenvalue weighted by Crippen LogP contribution is -2.13. The van der Waals surface area contributed by atoms with Gasteiger partial charge in [-0.25, -0.2) is 0 Å². The molecule has 0 fully saturated rings. The number of hydrogen-bond donors (Lipinski definition) is 0. The molecule has 2 rings (SSSR count). The molecule has 0 saturated carbocycles. The highest BCUT2D eigenvalue weighted by atomic mass is 35.5. The van der Waals surface area contributed by atoms with E-state index in [-0.39, 0.29) is 0 Å². The molecule has 0 aliphatic carbocycles. The smallest absolute Gasteiger partial charge is 0.0624 e. The van der Waals surface area contributed by atoms with Crippen LogP contribution in [-0.2, 0) is 26.3 Å². The number of nitrogens with zero attached hydrogens (tertiary/aromatic N) is 2. The number of aryl methyl sites for hydroxylation is 2. The first-order valence-electron chi connectivity index (χ1n) is 6.95. The molecular formula is C16H20Cl2N2. The SMILES string of the molecule is CCc1cc(CC(CCl)Cc2ccccc2Cl)n(C)n1. The lowest BCUT2D eigenvalue weighted by molar-refractivity contribution is 0.551. The third kappa shape index (κ3) is 3.77. The third-order valence-corrected chi connectivity index (χ3v) is 4.38. The molecule has 0 aliphatic rings. The molecule has 1 aromatic carbocycles. The predicted molar refractivity (Wildman–Crippen MR) is 85.7 cm³/mol. The summed E-state index contributed by atoms with van der Waals surface area (Å²) in [6.45, 7) is 2.12. The Morgan fingerprint density at radius 3 is 2.60 bits per heavy atom. The minimum atomic E-state index is 0.372. The van der Waals surface area contributed by atoms with E-state index in [1.165, 1.54) is 5.69 Å². The van der Waals surface area contributed by atoms with Crippen LogP contribution in [0, 0.1) is 5.92 Å². The van der Waals surface area contributed by atoms with E-state index in [4.69, 9.17) is 23.2 Å². The van der Waals surface area contributed by atoms with Crippen LogP contribution < -0.4 is 0 Å². The van der Waals surface area contributed by atoms with Crippen molar-refractivity contribution in [3.05, 3.63) is 52.3 Å². The number of hydrogen-bond acceptors (Lipinski definition) is 1. The number of rotatable bonds is 6. The molecule has 0 aliphatic heterocycles. The average molecular weight is 311 g/mol. The maximum atomic E-state index is 6.23. The van der Waals surface area contributed by atoms with Crippen LogP contribution >= 0.6 is 23.2 Å². The Kier molecular flexibility index (Phi) is 5.50. The van der Waals surface area contributed by atoms with E-state index in [2.05, 4.69) is 24.2 Å². The van der Waals surface area contributed by atoms with Gasteiger partial charge in [0.15, 0.2) is 0 Å². The molecule has 2 aromatic rings. The second kappa shape index (κ2) is 7.14. The van der Waals surface area contributed by atoms with Crippen LogP contribution in [0.1, 0.15) is 23.9 Å². The summed E-state index contributed by atoms with van der Waals surface area (Å²) in [6.07, 6.45) is 2.79. The number of benzene rings is 1. The van der Waals surface area contributed by atoms with Crippen LogP contribution in [0.15, 0.2) is 30.3 Å². The van der Waals surface area contributed by atoms with Crippen molar-refractivity contribution in [1.82, 2.24) is 9.78 Å². The first-order valence-corrected chi connectivity index (χ1v) is 7.86. The van der Waals surface area contributed by atoms with Crippen molar-refractivity contribution in [2.45, 2.75) is 26.2 Å². The van der Waals surface area contributed by atoms with Gasteiger partial charge in [-0.2, -0.15) is 5.10 Å². The summed E-state index contributed by atoms with van der Waals surface area (Å²) in [7, 11) is 2.00. The average Bonchev–Trinajstić information content (AvgIpc) is 2.81. The molecular weight excluding hydrogens is 291 g/mol. The van der Waals surface area contributed by atoms with Crippen LogP contribution in [0.3, 0.4) is 0 Å². The van der Waals surface area contributed by atoms with Gasteiger partial charge in [-0.05, 0) is 42.9 Å². The largest absolute Gasteiger partial charge is 0.272 e. The zero-order valence-corrected chi connectivity index (χ0v) is 13.5. The Morgan fingerprint density at radius 2 is 2.00 bits per heavy atom. The maximum Gasteiger partial charge on any atom is 0.0624 e. The highest BCUT2D eigenvalue weighted by Gasteiger charge is 2.14. The monoisotopic (exact) mass is 310 g/mol. The molecule has 108 valence electrons. The first-order chi connectivity index (χ1) is 9.63. The molecule has 0 N–H and O–H groups in total. The summed E-state index contributed by atoms with van der Waals surface area (Å²) in [5, 5.41) is 5.31. The minimum Gasteiger partial charge on any atom is -0.272 e. The maximum absolute atomic E-state index is 6.23. The summed E-state index contributed by atoms with van der Waals surface area (Å²) in [5.74, 6) is 0.995. The molecule has 0 saturated heterocycles. The summed E-state index contributed by atoms with van der Waals surface area (Å²) >= 11 is 12.4. The Balaban J connectivity index is 2.09. The van der Waals surface area contributed by atoms with Gasteiger partial charge in [0.05, 0.1) is 5.69 Å². The van der Waals surface area contributed by atoms with E-state index < -0.39 is 0 Å². The minimum absolute atomic E-state index is 0.372. The molecule has 20 heavy (non-hydrogen) atoms. The number of halogens is 2. The fraction of sp³-hybridized carbons (Fsp3) is 0.438. The Morgan fingerprint density at radius 1 is 1.25 bits per heavy atom. The molecule has 0 spiro atoms. The van der Waals surface area contributed by atoms with Crippen LogP contribution in [0.2, 0.25) is 5.02 Å². The first kappa shape index (κ1) is 15.4. The molecule has 1 atom stereocenters. The molecule has 0 radical (unpaired) electrons. The fourth-order valence-electron chi connectivity index (χ4n) is 2.39. The van der Waals surface area contributed by atoms with E-state index in [1.54, 1.807) is 0 Å². The van der Waals surface area contributed by atoms with Crippen molar-refractivity contribution in [3.63, 3.8) is 0 Å². The number of aromatic nitrogens is 2. The highest BCUT2D eigenvalue weighted by molar-refractivity contribution is 6.31. The zero-order valence-electron chi connectivity index (χ0n) is 11.9. The second-order valence-corrected chi connectivity index (χ2v) is 5.84. The van der Waals surface area contributed by atoms with Gasteiger partial charge in [-0.3, -0.25) is 4.68 Å². The lowest BCUT2D eigenvalue weighted by atomic mass is 9.96. The van der Waals surface area contributed by atoms with Gasteiger partial charge in [0, 0.05) is 23.6 Å². The lowest BCUT2D eigenvalue weighted by Gasteiger charge is -2.15. The number of alkyl halides is 1. The third-order valence-electron chi connectivity index (χ3n) is 3.57. The van der Waals surface area contributed by atoms with Gasteiger partial charge in [0.25, 0.3) is 0 Å². The van der Waals surface area contributed by atoms with Crippen molar-refractivity contribution in [3.8, 4) is 0 Å². The van der Waals surface area contributed by atoms with Crippen molar-refractivity contribution in [1.29, 1.82) is 0 Å². The van der Waals surface area contributed by atoms with Gasteiger partial charge >= 0.3 is 0 Å². The fourth-order valence-corrected chi connectivity index (χ4v) is 2.82. The molecule has 2 nitrogen and oxygen atoms in total. The van der Waals surface area contributed by atoms with Gasteiger partial charge < -0.3 is 0 Å². The Labute approximate surface area is 130 Å². The van der Waals surface area contributed by atoms with Crippen LogP contribution in [0.25, 0.3) is 0 Å². The predicted octanol–water partition coefficient (Wildman–Crippen LogP) is 4.28. The molecule has 1 aromatic heterocycles. The van der Waals surface area contributed by atoms with Gasteiger partial charge in [-0.1, -0.05) is 36.7 Å². The Hall–Kier alpha value is -0.990. The van der Waals surface area contributed by atoms with Crippen molar-refractivity contribution < 1.29 is 0 Å². The summed E-state index contributed by atoms with van der Waals surface area (Å²) < 4.78 is 1.96. The highest BCUT2D eigenvalue weighted by Crippen LogP contribution is 2.22. The van der Waals surface area contributed by atoms with Crippen LogP contribution in [-0.4, -0.2) is 15.7 Å². The second-order valence-electron chi connectivity index (χ2n) is 5.12. The normalized spacial score (nSPS) is 12.6. The summed E-state index contributed by atoms with van der Waals surface area (Å²) in [4.78, 5) is 0. The van der Waals surface area contributed by atoms with Gasteiger partial charge in [0.1, 0.15) is 0 Å². The van der Waals surface area contributed by atoms with E-state index in [0.29, 0.717) is 11.8 Å². The van der Waals surface area contributed by atoms with Crippen LogP contribution in [0.5, 0.6) is 0 Å². The molecule has 0 bridgehead atoms. The molecule has 1 unspecified atom stereocenters. The van der Waals surface area contributed by atoms with Gasteiger partial charge in [-0.15, -0.1) is 11.6 Å². The van der Waals surface area contributed by atoms with E-state index in [1.807, 2.05) is 29.9 Å². The molecule has 0 amide bonds. The zero-order chi connectivity index (χ0) is 14.5. The standard InChI is InChI=1S/C16H20Cl2N2/c1-3-14-10-15(20(2)19-14)9-12(11-17)8-13-6-4-5-7-16(13)18/h4-7,10,12H,3,8-9,11H2,1-2H3. The van der Waals surface area contributed by atoms with E-state index in [9.17, 15) is 0 Å². The molecule has 1 heterocycles. The van der Waals surface area contributed by atoms with E-state index in [0.717, 1.165) is 35.5 Å². The quantitative estimate of drug-likeness (QED) is 0.728. The van der Waals surface area contributed by atoms with Crippen molar-refractivity contribution in [2.24, 2.45) is 13.0 Å². The van der Waals surface area contributed by atoms with Crippen molar-refractivity contribution >= 4 is 23.2 Å². The topological polar surface area (TPSA) is 17.8 Å². The van der Waals surface area contributed by atoms with Crippen molar-refractivity contribution in [2.75, 3.05) is 5.88 Å². The van der Waals surface area contributed by atoms with Gasteiger partial charge in [0.2, 0.25) is 0 Å². The Bertz CT molecular complexity index is 563. The summed E-state index contributed by atoms with van der Waals surface area (Å²) in [5.41, 5.74) is 3.53.